The number of rotatable bonds is 5. The van der Waals surface area contributed by atoms with Crippen LogP contribution < -0.4 is 16.4 Å². The molecule has 22 heavy (non-hydrogen) atoms. The van der Waals surface area contributed by atoms with Crippen molar-refractivity contribution in [3.05, 3.63) is 34.1 Å². The van der Waals surface area contributed by atoms with E-state index in [2.05, 4.69) is 21.0 Å². The molecule has 1 aromatic carbocycles. The number of amides is 1. The Hall–Kier alpha value is -2.06. The van der Waals surface area contributed by atoms with Crippen molar-refractivity contribution in [2.24, 2.45) is 16.1 Å². The molecule has 118 valence electrons. The molecule has 0 aliphatic carbocycles. The molecular weight excluding hydrogens is 311 g/mol. The summed E-state index contributed by atoms with van der Waals surface area (Å²) in [5, 5.41) is 11.8. The van der Waals surface area contributed by atoms with E-state index in [1.165, 1.54) is 12.1 Å². The Balaban J connectivity index is 2.13. The summed E-state index contributed by atoms with van der Waals surface area (Å²) in [5.74, 6) is -0.858. The van der Waals surface area contributed by atoms with Gasteiger partial charge in [-0.15, -0.1) is 5.10 Å². The minimum Gasteiger partial charge on any atom is -0.382 e. The molecule has 7 nitrogen and oxygen atoms in total. The molecule has 0 aromatic heterocycles. The molecule has 0 spiro atoms. The minimum atomic E-state index is -0.624. The average Bonchev–Trinajstić information content (AvgIpc) is 3.02. The number of hydrogen-bond donors (Lipinski definition) is 4. The lowest BCUT2D eigenvalue weighted by molar-refractivity contribution is -0.122. The molecular formula is C13H16ClFN6O. The number of hydrogen-bond acceptors (Lipinski definition) is 4. The maximum Gasteiger partial charge on any atom is 0.237 e. The van der Waals surface area contributed by atoms with Gasteiger partial charge in [0, 0.05) is 17.7 Å². The first-order valence-electron chi connectivity index (χ1n) is 6.72. The van der Waals surface area contributed by atoms with E-state index in [1.807, 2.05) is 0 Å². The van der Waals surface area contributed by atoms with Gasteiger partial charge >= 0.3 is 0 Å². The summed E-state index contributed by atoms with van der Waals surface area (Å²) in [6, 6.07) is 2.48. The van der Waals surface area contributed by atoms with Crippen LogP contribution >= 0.6 is 11.6 Å². The average molecular weight is 327 g/mol. The Kier molecular flexibility index (Phi) is 5.40. The molecule has 2 rings (SSSR count). The second-order valence-corrected chi connectivity index (χ2v) is 5.29. The number of amidine groups is 1. The van der Waals surface area contributed by atoms with Gasteiger partial charge in [-0.25, -0.2) is 4.39 Å². The maximum atomic E-state index is 14.0. The number of nitrogens with zero attached hydrogens (tertiary/aromatic N) is 2. The van der Waals surface area contributed by atoms with Crippen molar-refractivity contribution < 1.29 is 9.18 Å². The van der Waals surface area contributed by atoms with Gasteiger partial charge in [0.25, 0.3) is 0 Å². The van der Waals surface area contributed by atoms with Crippen LogP contribution in [0.2, 0.25) is 5.02 Å². The van der Waals surface area contributed by atoms with Gasteiger partial charge in [0.2, 0.25) is 5.91 Å². The van der Waals surface area contributed by atoms with E-state index in [0.717, 1.165) is 19.4 Å². The fourth-order valence-electron chi connectivity index (χ4n) is 2.25. The second-order valence-electron chi connectivity index (χ2n) is 4.88. The summed E-state index contributed by atoms with van der Waals surface area (Å²) in [4.78, 5) is 11.9. The number of halogens is 2. The molecule has 0 bridgehead atoms. The van der Waals surface area contributed by atoms with Gasteiger partial charge in [0.15, 0.2) is 5.84 Å². The Labute approximate surface area is 131 Å². The predicted octanol–water partition coefficient (Wildman–Crippen LogP) is 1.50. The Morgan fingerprint density at radius 1 is 1.59 bits per heavy atom. The molecule has 1 atom stereocenters. The molecule has 1 unspecified atom stereocenters. The van der Waals surface area contributed by atoms with Crippen LogP contribution in [0.1, 0.15) is 24.0 Å². The Morgan fingerprint density at radius 2 is 2.36 bits per heavy atom. The number of carbonyl (C=O) groups excluding carboxylic acids is 1. The summed E-state index contributed by atoms with van der Waals surface area (Å²) >= 11 is 5.82. The molecule has 1 amide bonds. The molecule has 1 fully saturated rings. The molecule has 0 saturated carbocycles. The number of benzene rings is 1. The van der Waals surface area contributed by atoms with Gasteiger partial charge in [-0.05, 0) is 31.5 Å². The van der Waals surface area contributed by atoms with Crippen LogP contribution in [-0.2, 0) is 11.3 Å². The van der Waals surface area contributed by atoms with E-state index in [0.29, 0.717) is 5.56 Å². The molecule has 1 heterocycles. The maximum absolute atomic E-state index is 14.0. The van der Waals surface area contributed by atoms with Crippen molar-refractivity contribution >= 4 is 23.3 Å². The van der Waals surface area contributed by atoms with Crippen molar-refractivity contribution in [3.63, 3.8) is 0 Å². The molecule has 1 saturated heterocycles. The normalized spacial score (nSPS) is 18.3. The molecule has 1 aliphatic heterocycles. The van der Waals surface area contributed by atoms with Gasteiger partial charge < -0.3 is 16.4 Å². The molecule has 0 radical (unpaired) electrons. The van der Waals surface area contributed by atoms with Crippen molar-refractivity contribution in [2.75, 3.05) is 6.54 Å². The third kappa shape index (κ3) is 3.77. The van der Waals surface area contributed by atoms with Crippen molar-refractivity contribution in [1.29, 1.82) is 5.53 Å². The van der Waals surface area contributed by atoms with Crippen LogP contribution in [0.15, 0.2) is 22.5 Å². The van der Waals surface area contributed by atoms with E-state index in [1.54, 1.807) is 0 Å². The topological polar surface area (TPSA) is 116 Å². The lowest BCUT2D eigenvalue weighted by Crippen LogP contribution is -2.40. The minimum absolute atomic E-state index is 0.0122. The lowest BCUT2D eigenvalue weighted by Gasteiger charge is -2.13. The lowest BCUT2D eigenvalue weighted by atomic mass is 10.1. The smallest absolute Gasteiger partial charge is 0.237 e. The first-order valence-corrected chi connectivity index (χ1v) is 7.10. The zero-order chi connectivity index (χ0) is 16.1. The fourth-order valence-corrected chi connectivity index (χ4v) is 2.49. The largest absolute Gasteiger partial charge is 0.382 e. The highest BCUT2D eigenvalue weighted by Crippen LogP contribution is 2.21. The highest BCUT2D eigenvalue weighted by molar-refractivity contribution is 6.31. The first-order chi connectivity index (χ1) is 10.5. The molecule has 1 aromatic rings. The van der Waals surface area contributed by atoms with E-state index < -0.39 is 5.82 Å². The van der Waals surface area contributed by atoms with Gasteiger partial charge in [0.1, 0.15) is 5.82 Å². The monoisotopic (exact) mass is 326 g/mol. The number of nitrogens with one attached hydrogen (secondary N) is 3. The van der Waals surface area contributed by atoms with Gasteiger partial charge in [0.05, 0.1) is 11.1 Å². The highest BCUT2D eigenvalue weighted by atomic mass is 35.5. The standard InChI is InChI=1S/C13H16ClFN6O/c14-9-5-7(12(16)20-21-17)4-8(11(9)15)6-19-13(22)10-2-1-3-18-10/h4-5,10,18H,1-3,6H2,(H,19,22)(H3,16,17,20). The quantitative estimate of drug-likeness (QED) is 0.284. The van der Waals surface area contributed by atoms with Crippen LogP contribution in [0, 0.1) is 11.3 Å². The van der Waals surface area contributed by atoms with Crippen LogP contribution in [0.4, 0.5) is 4.39 Å². The summed E-state index contributed by atoms with van der Waals surface area (Å²) < 4.78 is 14.0. The van der Waals surface area contributed by atoms with Gasteiger partial charge in [-0.2, -0.15) is 5.53 Å². The van der Waals surface area contributed by atoms with Crippen LogP contribution in [0.3, 0.4) is 0 Å². The molecule has 5 N–H and O–H groups in total. The summed E-state index contributed by atoms with van der Waals surface area (Å²) in [7, 11) is 0. The van der Waals surface area contributed by atoms with E-state index in [4.69, 9.17) is 22.9 Å². The van der Waals surface area contributed by atoms with Crippen molar-refractivity contribution in [3.8, 4) is 0 Å². The first kappa shape index (κ1) is 16.3. The third-order valence-corrected chi connectivity index (χ3v) is 3.66. The summed E-state index contributed by atoms with van der Waals surface area (Å²) in [6.07, 6.45) is 1.71. The Bertz CT molecular complexity index is 615. The SMILES string of the molecule is N=NN=C(N)c1cc(Cl)c(F)c(CNC(=O)C2CCCN2)c1. The zero-order valence-electron chi connectivity index (χ0n) is 11.7. The summed E-state index contributed by atoms with van der Waals surface area (Å²) in [6.45, 7) is 0.791. The number of nitrogens with two attached hydrogens (primary N) is 1. The van der Waals surface area contributed by atoms with E-state index in [9.17, 15) is 9.18 Å². The molecule has 9 heteroatoms. The van der Waals surface area contributed by atoms with Crippen LogP contribution in [0.5, 0.6) is 0 Å². The van der Waals surface area contributed by atoms with Gasteiger partial charge in [-0.3, -0.25) is 4.79 Å². The zero-order valence-corrected chi connectivity index (χ0v) is 12.5. The second kappa shape index (κ2) is 7.28. The van der Waals surface area contributed by atoms with Crippen molar-refractivity contribution in [2.45, 2.75) is 25.4 Å². The van der Waals surface area contributed by atoms with Crippen LogP contribution in [0.25, 0.3) is 0 Å². The van der Waals surface area contributed by atoms with Gasteiger partial charge in [-0.1, -0.05) is 16.8 Å². The molecule has 1 aliphatic rings. The summed E-state index contributed by atoms with van der Waals surface area (Å²) in [5.41, 5.74) is 12.8. The number of carbonyl (C=O) groups is 1. The predicted molar refractivity (Wildman–Crippen MR) is 80.2 cm³/mol. The Morgan fingerprint density at radius 3 is 3.00 bits per heavy atom. The van der Waals surface area contributed by atoms with Crippen molar-refractivity contribution in [1.82, 2.24) is 10.6 Å². The van der Waals surface area contributed by atoms with E-state index >= 15 is 0 Å². The van der Waals surface area contributed by atoms with E-state index in [-0.39, 0.29) is 34.9 Å². The fraction of sp³-hybridized carbons (Fsp3) is 0.385. The third-order valence-electron chi connectivity index (χ3n) is 3.39. The highest BCUT2D eigenvalue weighted by Gasteiger charge is 2.22. The van der Waals surface area contributed by atoms with Crippen LogP contribution in [-0.4, -0.2) is 24.3 Å².